The van der Waals surface area contributed by atoms with Crippen LogP contribution in [0.2, 0.25) is 0 Å². The molecular weight excluding hydrogens is 446 g/mol. The van der Waals surface area contributed by atoms with Crippen LogP contribution in [0.3, 0.4) is 0 Å². The minimum absolute atomic E-state index is 0.0619. The number of unbranched alkanes of at least 4 members (excludes halogenated alkanes) is 1. The molecule has 2 heterocycles. The smallest absolute Gasteiger partial charge is 0.330 e. The summed E-state index contributed by atoms with van der Waals surface area (Å²) < 4.78 is 2.87. The van der Waals surface area contributed by atoms with Gasteiger partial charge in [-0.1, -0.05) is 61.9 Å². The van der Waals surface area contributed by atoms with Crippen molar-refractivity contribution < 1.29 is 4.79 Å². The van der Waals surface area contributed by atoms with Crippen LogP contribution in [0.25, 0.3) is 17.1 Å². The van der Waals surface area contributed by atoms with Crippen LogP contribution in [0.5, 0.6) is 0 Å². The van der Waals surface area contributed by atoms with E-state index in [9.17, 15) is 14.4 Å². The molecule has 1 amide bonds. The number of nitrogens with zero attached hydrogens (tertiary/aromatic N) is 5. The number of carbonyl (C=O) groups is 1. The summed E-state index contributed by atoms with van der Waals surface area (Å²) in [5.41, 5.74) is 6.31. The van der Waals surface area contributed by atoms with Gasteiger partial charge in [-0.3, -0.25) is 24.0 Å². The minimum atomic E-state index is -0.735. The number of hydrogen-bond donors (Lipinski definition) is 2. The molecule has 0 spiro atoms. The van der Waals surface area contributed by atoms with Crippen LogP contribution in [-0.4, -0.2) is 36.8 Å². The molecule has 2 aromatic carbocycles. The normalized spacial score (nSPS) is 10.9. The van der Waals surface area contributed by atoms with Gasteiger partial charge in [0.15, 0.2) is 11.5 Å². The molecular formula is C25H27N7O3. The first-order valence-electron chi connectivity index (χ1n) is 11.5. The molecule has 10 heteroatoms. The Morgan fingerprint density at radius 1 is 1.03 bits per heavy atom. The van der Waals surface area contributed by atoms with Gasteiger partial charge in [0.1, 0.15) is 5.82 Å². The summed E-state index contributed by atoms with van der Waals surface area (Å²) >= 11 is 0. The second kappa shape index (κ2) is 10.2. The standard InChI is InChI=1S/C25H27N7O3/c1-3-5-16-31-20(26)19(23(33)28-25(31)35)30(4-2)24(34)21-27-22(17-12-8-6-9-13-17)32(29-21)18-14-10-7-11-15-18/h6-15H,3-5,16,26H2,1-2H3,(H,28,33,35). The SMILES string of the molecule is CCCCn1c(N)c(N(CC)C(=O)c2nc(-c3ccccc3)n(-c3ccccc3)n2)c(=O)[nH]c1=O. The molecule has 35 heavy (non-hydrogen) atoms. The topological polar surface area (TPSA) is 132 Å². The van der Waals surface area contributed by atoms with Gasteiger partial charge in [0.2, 0.25) is 5.82 Å². The Kier molecular flexibility index (Phi) is 6.91. The first-order chi connectivity index (χ1) is 17.0. The van der Waals surface area contributed by atoms with Crippen LogP contribution in [0, 0.1) is 0 Å². The molecule has 0 aliphatic heterocycles. The Bertz CT molecular complexity index is 1380. The van der Waals surface area contributed by atoms with Crippen LogP contribution >= 0.6 is 0 Å². The fraction of sp³-hybridized carbons (Fsp3) is 0.240. The minimum Gasteiger partial charge on any atom is -0.383 e. The molecule has 4 rings (SSSR count). The van der Waals surface area contributed by atoms with Crippen molar-refractivity contribution in [2.45, 2.75) is 33.2 Å². The number of amides is 1. The number of nitrogen functional groups attached to an aromatic ring is 1. The fourth-order valence-electron chi connectivity index (χ4n) is 3.83. The van der Waals surface area contributed by atoms with Gasteiger partial charge in [-0.05, 0) is 25.5 Å². The van der Waals surface area contributed by atoms with E-state index in [0.29, 0.717) is 18.8 Å². The lowest BCUT2D eigenvalue weighted by Crippen LogP contribution is -2.41. The van der Waals surface area contributed by atoms with Crippen molar-refractivity contribution in [1.82, 2.24) is 24.3 Å². The van der Waals surface area contributed by atoms with E-state index in [1.165, 1.54) is 9.47 Å². The van der Waals surface area contributed by atoms with Crippen LogP contribution in [0.1, 0.15) is 37.3 Å². The number of aromatic amines is 1. The average Bonchev–Trinajstić information content (AvgIpc) is 3.33. The summed E-state index contributed by atoms with van der Waals surface area (Å²) in [4.78, 5) is 46.7. The third-order valence-electron chi connectivity index (χ3n) is 5.61. The zero-order valence-corrected chi connectivity index (χ0v) is 19.6. The maximum absolute atomic E-state index is 13.6. The van der Waals surface area contributed by atoms with Crippen molar-refractivity contribution in [3.8, 4) is 17.1 Å². The third kappa shape index (κ3) is 4.63. The molecule has 4 aromatic rings. The first kappa shape index (κ1) is 23.7. The lowest BCUT2D eigenvalue weighted by atomic mass is 10.2. The quantitative estimate of drug-likeness (QED) is 0.404. The molecule has 2 aromatic heterocycles. The number of nitrogens with one attached hydrogen (secondary N) is 1. The summed E-state index contributed by atoms with van der Waals surface area (Å²) in [5, 5.41) is 4.49. The molecule has 0 saturated heterocycles. The van der Waals surface area contributed by atoms with Gasteiger partial charge in [0, 0.05) is 18.7 Å². The third-order valence-corrected chi connectivity index (χ3v) is 5.61. The zero-order chi connectivity index (χ0) is 24.9. The molecule has 0 radical (unpaired) electrons. The van der Waals surface area contributed by atoms with Crippen LogP contribution in [-0.2, 0) is 6.54 Å². The van der Waals surface area contributed by atoms with E-state index in [1.807, 2.05) is 67.6 Å². The molecule has 3 N–H and O–H groups in total. The molecule has 0 fully saturated rings. The number of aromatic nitrogens is 5. The molecule has 0 bridgehead atoms. The molecule has 0 saturated carbocycles. The Labute approximate surface area is 201 Å². The van der Waals surface area contributed by atoms with Gasteiger partial charge in [0.05, 0.1) is 5.69 Å². The number of carbonyl (C=O) groups excluding carboxylic acids is 1. The van der Waals surface area contributed by atoms with Crippen molar-refractivity contribution in [2.24, 2.45) is 0 Å². The van der Waals surface area contributed by atoms with Crippen molar-refractivity contribution in [2.75, 3.05) is 17.2 Å². The number of para-hydroxylation sites is 1. The number of rotatable bonds is 8. The Balaban J connectivity index is 1.83. The zero-order valence-electron chi connectivity index (χ0n) is 19.6. The number of nitrogens with two attached hydrogens (primary N) is 1. The molecule has 180 valence electrons. The van der Waals surface area contributed by atoms with Crippen molar-refractivity contribution in [3.05, 3.63) is 87.3 Å². The van der Waals surface area contributed by atoms with E-state index < -0.39 is 17.2 Å². The first-order valence-corrected chi connectivity index (χ1v) is 11.5. The van der Waals surface area contributed by atoms with Gasteiger partial charge in [-0.15, -0.1) is 5.10 Å². The Hall–Kier alpha value is -4.47. The van der Waals surface area contributed by atoms with Crippen molar-refractivity contribution in [3.63, 3.8) is 0 Å². The highest BCUT2D eigenvalue weighted by molar-refractivity contribution is 6.05. The summed E-state index contributed by atoms with van der Waals surface area (Å²) in [5.74, 6) is -0.281. The van der Waals surface area contributed by atoms with E-state index in [0.717, 1.165) is 17.7 Å². The monoisotopic (exact) mass is 473 g/mol. The second-order valence-electron chi connectivity index (χ2n) is 7.92. The number of hydrogen-bond acceptors (Lipinski definition) is 6. The number of H-pyrrole nitrogens is 1. The number of anilines is 2. The highest BCUT2D eigenvalue weighted by Crippen LogP contribution is 2.23. The van der Waals surface area contributed by atoms with E-state index in [1.54, 1.807) is 11.6 Å². The number of benzene rings is 2. The molecule has 0 aliphatic carbocycles. The summed E-state index contributed by atoms with van der Waals surface area (Å²) in [6, 6.07) is 18.7. The van der Waals surface area contributed by atoms with Gasteiger partial charge >= 0.3 is 5.69 Å². The molecule has 10 nitrogen and oxygen atoms in total. The highest BCUT2D eigenvalue weighted by Gasteiger charge is 2.28. The maximum atomic E-state index is 13.6. The lowest BCUT2D eigenvalue weighted by molar-refractivity contribution is 0.0978. The fourth-order valence-corrected chi connectivity index (χ4v) is 3.83. The van der Waals surface area contributed by atoms with E-state index in [4.69, 9.17) is 5.73 Å². The second-order valence-corrected chi connectivity index (χ2v) is 7.92. The lowest BCUT2D eigenvalue weighted by Gasteiger charge is -2.21. The summed E-state index contributed by atoms with van der Waals surface area (Å²) in [7, 11) is 0. The average molecular weight is 474 g/mol. The van der Waals surface area contributed by atoms with Gasteiger partial charge in [-0.25, -0.2) is 14.5 Å². The van der Waals surface area contributed by atoms with Gasteiger partial charge in [0.25, 0.3) is 11.5 Å². The van der Waals surface area contributed by atoms with E-state index in [-0.39, 0.29) is 23.9 Å². The molecule has 0 atom stereocenters. The largest absolute Gasteiger partial charge is 0.383 e. The van der Waals surface area contributed by atoms with E-state index >= 15 is 0 Å². The molecule has 0 unspecified atom stereocenters. The predicted octanol–water partition coefficient (Wildman–Crippen LogP) is 2.83. The van der Waals surface area contributed by atoms with Crippen LogP contribution in [0.15, 0.2) is 70.3 Å². The summed E-state index contributed by atoms with van der Waals surface area (Å²) in [6.07, 6.45) is 1.53. The van der Waals surface area contributed by atoms with Crippen molar-refractivity contribution in [1.29, 1.82) is 0 Å². The molecule has 0 aliphatic rings. The van der Waals surface area contributed by atoms with Crippen LogP contribution < -0.4 is 21.9 Å². The Morgan fingerprint density at radius 3 is 2.31 bits per heavy atom. The Morgan fingerprint density at radius 2 is 1.69 bits per heavy atom. The van der Waals surface area contributed by atoms with Gasteiger partial charge in [-0.2, -0.15) is 0 Å². The van der Waals surface area contributed by atoms with Crippen molar-refractivity contribution >= 4 is 17.4 Å². The van der Waals surface area contributed by atoms with Crippen LogP contribution in [0.4, 0.5) is 11.5 Å². The highest BCUT2D eigenvalue weighted by atomic mass is 16.2. The summed E-state index contributed by atoms with van der Waals surface area (Å²) in [6.45, 7) is 4.15. The maximum Gasteiger partial charge on any atom is 0.330 e. The van der Waals surface area contributed by atoms with E-state index in [2.05, 4.69) is 15.1 Å². The van der Waals surface area contributed by atoms with Gasteiger partial charge < -0.3 is 5.73 Å². The predicted molar refractivity (Wildman–Crippen MR) is 135 cm³/mol.